The first-order chi connectivity index (χ1) is 22.0. The van der Waals surface area contributed by atoms with Crippen LogP contribution in [-0.4, -0.2) is 38.5 Å². The Balaban J connectivity index is 1.24. The topological polar surface area (TPSA) is 66.7 Å². The number of nitrogens with one attached hydrogen (secondary N) is 1. The van der Waals surface area contributed by atoms with Gasteiger partial charge in [0.05, 0.1) is 16.5 Å². The first kappa shape index (κ1) is 30.5. The number of amides is 2. The van der Waals surface area contributed by atoms with Crippen molar-refractivity contribution in [2.75, 3.05) is 5.32 Å². The molecule has 1 aliphatic heterocycles. The maximum atomic E-state index is 14.1. The number of aromatic nitrogens is 1. The SMILES string of the molecule is Cc1cc(/C=C2\SC(=NC3CCCCC3)N(C3CCCCC3)C2=O)c(C)n1-c1sc2c(c1C(=O)Nc1ccccc1)CCCC2. The van der Waals surface area contributed by atoms with E-state index in [1.165, 1.54) is 49.0 Å². The van der Waals surface area contributed by atoms with Crippen molar-refractivity contribution >= 4 is 51.8 Å². The zero-order valence-electron chi connectivity index (χ0n) is 26.6. The van der Waals surface area contributed by atoms with Gasteiger partial charge >= 0.3 is 0 Å². The molecular formula is C37H44N4O2S2. The number of fused-ring (bicyclic) bond motifs is 1. The molecule has 1 N–H and O–H groups in total. The molecule has 3 fully saturated rings. The molecule has 7 rings (SSSR count). The van der Waals surface area contributed by atoms with Crippen LogP contribution in [-0.2, 0) is 17.6 Å². The summed E-state index contributed by atoms with van der Waals surface area (Å²) in [6.07, 6.45) is 18.1. The van der Waals surface area contributed by atoms with Crippen LogP contribution in [0.3, 0.4) is 0 Å². The van der Waals surface area contributed by atoms with Gasteiger partial charge < -0.3 is 9.88 Å². The third-order valence-corrected chi connectivity index (χ3v) is 12.3. The predicted molar refractivity (Wildman–Crippen MR) is 188 cm³/mol. The molecule has 236 valence electrons. The molecule has 0 spiro atoms. The third-order valence-electron chi connectivity index (χ3n) is 10.0. The Morgan fingerprint density at radius 3 is 2.40 bits per heavy atom. The van der Waals surface area contributed by atoms with Crippen LogP contribution in [0.5, 0.6) is 0 Å². The van der Waals surface area contributed by atoms with Gasteiger partial charge in [-0.3, -0.25) is 19.5 Å². The molecule has 0 unspecified atom stereocenters. The molecular weight excluding hydrogens is 597 g/mol. The summed E-state index contributed by atoms with van der Waals surface area (Å²) >= 11 is 3.34. The van der Waals surface area contributed by atoms with Crippen molar-refractivity contribution in [2.45, 2.75) is 116 Å². The van der Waals surface area contributed by atoms with E-state index in [1.54, 1.807) is 23.1 Å². The highest BCUT2D eigenvalue weighted by Gasteiger charge is 2.39. The Morgan fingerprint density at radius 2 is 1.64 bits per heavy atom. The van der Waals surface area contributed by atoms with Crippen LogP contribution in [0.2, 0.25) is 0 Å². The lowest BCUT2D eigenvalue weighted by atomic mass is 9.94. The molecule has 8 heteroatoms. The number of carbonyl (C=O) groups excluding carboxylic acids is 2. The molecule has 2 saturated carbocycles. The van der Waals surface area contributed by atoms with Gasteiger partial charge in [0.2, 0.25) is 0 Å². The first-order valence-electron chi connectivity index (χ1n) is 17.0. The molecule has 4 aliphatic rings. The zero-order valence-corrected chi connectivity index (χ0v) is 28.2. The lowest BCUT2D eigenvalue weighted by Gasteiger charge is -2.31. The van der Waals surface area contributed by atoms with Gasteiger partial charge in [0.15, 0.2) is 5.17 Å². The van der Waals surface area contributed by atoms with Gasteiger partial charge in [0, 0.05) is 28.0 Å². The highest BCUT2D eigenvalue weighted by atomic mass is 32.2. The van der Waals surface area contributed by atoms with E-state index in [9.17, 15) is 9.59 Å². The van der Waals surface area contributed by atoms with Crippen LogP contribution in [0.1, 0.15) is 115 Å². The number of rotatable bonds is 6. The van der Waals surface area contributed by atoms with E-state index in [2.05, 4.69) is 40.8 Å². The number of carbonyl (C=O) groups is 2. The van der Waals surface area contributed by atoms with Crippen LogP contribution in [0.25, 0.3) is 11.1 Å². The number of benzene rings is 1. The van der Waals surface area contributed by atoms with Gasteiger partial charge in [-0.25, -0.2) is 0 Å². The zero-order chi connectivity index (χ0) is 30.9. The smallest absolute Gasteiger partial charge is 0.267 e. The summed E-state index contributed by atoms with van der Waals surface area (Å²) in [4.78, 5) is 37.3. The normalized spacial score (nSPS) is 21.6. The van der Waals surface area contributed by atoms with Gasteiger partial charge in [-0.05, 0) is 112 Å². The Hall–Kier alpha value is -3.10. The lowest BCUT2D eigenvalue weighted by molar-refractivity contribution is -0.124. The third kappa shape index (κ3) is 6.20. The molecule has 1 saturated heterocycles. The molecule has 0 atom stereocenters. The van der Waals surface area contributed by atoms with Crippen molar-refractivity contribution in [3.8, 4) is 5.00 Å². The molecule has 0 radical (unpaired) electrons. The number of thioether (sulfide) groups is 1. The van der Waals surface area contributed by atoms with Crippen LogP contribution < -0.4 is 5.32 Å². The van der Waals surface area contributed by atoms with Crippen molar-refractivity contribution in [2.24, 2.45) is 4.99 Å². The average Bonchev–Trinajstić information content (AvgIpc) is 3.68. The van der Waals surface area contributed by atoms with Crippen LogP contribution >= 0.6 is 23.1 Å². The molecule has 2 aromatic heterocycles. The fourth-order valence-electron chi connectivity index (χ4n) is 7.65. The van der Waals surface area contributed by atoms with E-state index in [-0.39, 0.29) is 17.9 Å². The standard InChI is InChI=1S/C37H44N4O2S2/c1-24-22-26(23-32-35(43)41(29-18-10-5-11-19-29)37(45-32)39-28-16-8-4-9-17-28)25(2)40(24)36-33(30-20-12-13-21-31(30)44-36)34(42)38-27-14-6-3-7-15-27/h3,6-7,14-15,22-23,28-29H,4-5,8-13,16-21H2,1-2H3,(H,38,42)/b32-23-,39-37?. The van der Waals surface area contributed by atoms with E-state index in [1.807, 2.05) is 30.3 Å². The summed E-state index contributed by atoms with van der Waals surface area (Å²) < 4.78 is 2.25. The summed E-state index contributed by atoms with van der Waals surface area (Å²) in [6, 6.07) is 12.5. The second-order valence-corrected chi connectivity index (χ2v) is 15.2. The van der Waals surface area contributed by atoms with Crippen molar-refractivity contribution in [3.05, 3.63) is 74.3 Å². The predicted octanol–water partition coefficient (Wildman–Crippen LogP) is 9.22. The number of amidine groups is 1. The van der Waals surface area contributed by atoms with E-state index in [0.717, 1.165) is 94.6 Å². The molecule has 0 bridgehead atoms. The molecule has 3 aromatic rings. The Kier molecular flexibility index (Phi) is 9.05. The van der Waals surface area contributed by atoms with E-state index < -0.39 is 0 Å². The molecule has 3 heterocycles. The van der Waals surface area contributed by atoms with E-state index in [4.69, 9.17) is 4.99 Å². The molecule has 2 amide bonds. The van der Waals surface area contributed by atoms with Crippen LogP contribution in [0.15, 0.2) is 46.3 Å². The fourth-order valence-corrected chi connectivity index (χ4v) is 10.2. The van der Waals surface area contributed by atoms with Gasteiger partial charge in [0.1, 0.15) is 5.00 Å². The number of anilines is 1. The van der Waals surface area contributed by atoms with Gasteiger partial charge in [-0.15, -0.1) is 11.3 Å². The highest BCUT2D eigenvalue weighted by Crippen LogP contribution is 2.42. The molecule has 6 nitrogen and oxygen atoms in total. The summed E-state index contributed by atoms with van der Waals surface area (Å²) in [7, 11) is 0. The van der Waals surface area contributed by atoms with E-state index in [0.29, 0.717) is 6.04 Å². The van der Waals surface area contributed by atoms with E-state index >= 15 is 0 Å². The number of hydrogen-bond donors (Lipinski definition) is 1. The van der Waals surface area contributed by atoms with Crippen LogP contribution in [0.4, 0.5) is 5.69 Å². The Labute approximate surface area is 275 Å². The number of para-hydroxylation sites is 1. The largest absolute Gasteiger partial charge is 0.322 e. The van der Waals surface area contributed by atoms with Crippen molar-refractivity contribution in [3.63, 3.8) is 0 Å². The number of aryl methyl sites for hydroxylation is 2. The fraction of sp³-hybridized carbons (Fsp3) is 0.486. The summed E-state index contributed by atoms with van der Waals surface area (Å²) in [5.74, 6) is 0.0667. The minimum Gasteiger partial charge on any atom is -0.322 e. The number of aliphatic imine (C=N–C) groups is 1. The number of thiophene rings is 1. The van der Waals surface area contributed by atoms with Gasteiger partial charge in [0.25, 0.3) is 11.8 Å². The second kappa shape index (κ2) is 13.3. The van der Waals surface area contributed by atoms with Crippen molar-refractivity contribution < 1.29 is 9.59 Å². The van der Waals surface area contributed by atoms with Gasteiger partial charge in [-0.2, -0.15) is 0 Å². The molecule has 45 heavy (non-hydrogen) atoms. The average molecular weight is 641 g/mol. The summed E-state index contributed by atoms with van der Waals surface area (Å²) in [6.45, 7) is 4.23. The number of hydrogen-bond acceptors (Lipinski definition) is 5. The maximum Gasteiger partial charge on any atom is 0.267 e. The highest BCUT2D eigenvalue weighted by molar-refractivity contribution is 8.18. The second-order valence-electron chi connectivity index (χ2n) is 13.2. The Bertz CT molecular complexity index is 1640. The molecule has 3 aliphatic carbocycles. The minimum atomic E-state index is -0.0452. The van der Waals surface area contributed by atoms with Crippen molar-refractivity contribution in [1.29, 1.82) is 0 Å². The minimum absolute atomic E-state index is 0.0452. The molecule has 1 aromatic carbocycles. The lowest BCUT2D eigenvalue weighted by Crippen LogP contribution is -2.41. The van der Waals surface area contributed by atoms with Gasteiger partial charge in [-0.1, -0.05) is 56.7 Å². The van der Waals surface area contributed by atoms with Crippen molar-refractivity contribution in [1.82, 2.24) is 9.47 Å². The Morgan fingerprint density at radius 1 is 0.933 bits per heavy atom. The summed E-state index contributed by atoms with van der Waals surface area (Å²) in [5, 5.41) is 5.08. The van der Waals surface area contributed by atoms with Crippen LogP contribution in [0, 0.1) is 13.8 Å². The maximum absolute atomic E-state index is 14.1. The monoisotopic (exact) mass is 640 g/mol. The first-order valence-corrected chi connectivity index (χ1v) is 18.6. The number of nitrogens with zero attached hydrogens (tertiary/aromatic N) is 3. The summed E-state index contributed by atoms with van der Waals surface area (Å²) in [5.41, 5.74) is 5.98. The quantitative estimate of drug-likeness (QED) is 0.273.